The molecule has 20 rings (SSSR count). The van der Waals surface area contributed by atoms with Crippen molar-refractivity contribution in [3.63, 3.8) is 0 Å². The molecule has 137 heavy (non-hydrogen) atoms. The van der Waals surface area contributed by atoms with E-state index in [-0.39, 0.29) is 63.6 Å². The Labute approximate surface area is 814 Å². The minimum absolute atomic E-state index is 0. The van der Waals surface area contributed by atoms with Crippen LogP contribution in [0.4, 0.5) is 29.0 Å². The number of aliphatic hydroxyl groups excluding tert-OH is 1. The second-order valence-electron chi connectivity index (χ2n) is 29.6. The highest BCUT2D eigenvalue weighted by Crippen LogP contribution is 2.33. The van der Waals surface area contributed by atoms with Crippen LogP contribution in [0.15, 0.2) is 345 Å². The highest BCUT2D eigenvalue weighted by Gasteiger charge is 2.20. The van der Waals surface area contributed by atoms with E-state index in [0.29, 0.717) is 50.6 Å². The van der Waals surface area contributed by atoms with Gasteiger partial charge < -0.3 is 45.2 Å². The van der Waals surface area contributed by atoms with Crippen molar-refractivity contribution in [2.24, 2.45) is 0 Å². The van der Waals surface area contributed by atoms with Gasteiger partial charge >= 0.3 is 11.6 Å². The lowest BCUT2D eigenvalue weighted by atomic mass is 10.2. The fourth-order valence-corrected chi connectivity index (χ4v) is 18.8. The average molecular weight is 2010 g/mol. The molecule has 15 aromatic heterocycles. The lowest BCUT2D eigenvalue weighted by molar-refractivity contribution is 0.103. The van der Waals surface area contributed by atoms with Crippen LogP contribution in [-0.2, 0) is 64.0 Å². The Bertz CT molecular complexity index is 7960. The van der Waals surface area contributed by atoms with E-state index in [1.54, 1.807) is 161 Å². The van der Waals surface area contributed by atoms with Crippen molar-refractivity contribution >= 4 is 186 Å². The SMILES string of the molecule is C.C.C.C.C.CS(=O)(=O)c1ccc(-n2ccc3ccc(NC(=O)c4cccs4)nc32)cc1.CS(=O)(=O)c1ccc(-n2ccc3ccc(Nc4cccnc4)nc32)cc1.CS(=O)(=O)c1ccc(-n2ccc3ccc([C@H](O)c4cccs4)nc32)cc1.CS(=O)(=O)c1ccc(-n2cnc3ccc(NCc4cccs4)nc32)cc1.Cc1ccc(-n2c(O)cc3ccc(NCc4cccs4)nc32)cc1.O=S=O. The molecular formula is C99H100N16O13S9. The molecule has 20 aromatic rings. The van der Waals surface area contributed by atoms with E-state index in [1.165, 1.54) is 63.0 Å². The van der Waals surface area contributed by atoms with Crippen molar-refractivity contribution in [1.29, 1.82) is 0 Å². The van der Waals surface area contributed by atoms with Crippen LogP contribution in [-0.4, -0.2) is 141 Å². The number of thiophene rings is 4. The predicted octanol–water partition coefficient (Wildman–Crippen LogP) is 21.6. The summed E-state index contributed by atoms with van der Waals surface area (Å²) in [5, 5.41) is 45.2. The standard InChI is InChI=1S/C19H16N4O2S.C19H15N3O3S2.C19H17N3OS.C19H16N2O3S2.C18H16N4O2S2.5CH4.O2S/c1-26(24,25)17-7-5-16(6-8-17)23-12-10-14-4-9-18(22-19(14)23)21-15-3-2-11-20-13-15;1-27(24,25)15-7-5-14(6-8-15)22-11-10-13-4-9-17(20-18(13)22)21-19(23)16-3-2-12-26-16;1-13-4-7-15(8-5-13)22-18(23)11-14-6-9-17(21-19(14)22)20-12-16-3-2-10-24-16;1-26(23,24)15-7-5-14(6-8-15)21-11-10-13-4-9-16(20-19(13)21)18(22)17-3-2-12-25-17;1-26(23,24)15-6-4-13(5-7-15)22-12-20-16-8-9-17(21-18(16)22)19-11-14-3-2-10-25-14;;;;;;1-3-2/h2-13H,1H3,(H,21,22);2-12H,1H3,(H,20,21,23);2-11,23H,12H2,1H3,(H,20,21);2-12,18,22H,1H3;2-10,12H,11H2,1H3,(H,19,21);5*1H4;/t;;;18-;;;;;;;/m...0......./s1. The fraction of sp³-hybridized carbons (Fsp3) is 0.131. The maximum atomic E-state index is 12.2. The van der Waals surface area contributed by atoms with E-state index in [0.717, 1.165) is 95.5 Å². The predicted molar refractivity (Wildman–Crippen MR) is 556 cm³/mol. The summed E-state index contributed by atoms with van der Waals surface area (Å²) in [5.74, 6) is 2.71. The zero-order valence-corrected chi connectivity index (χ0v) is 77.9. The molecular weight excluding hydrogens is 1910 g/mol. The lowest BCUT2D eigenvalue weighted by Gasteiger charge is -2.10. The molecule has 0 bridgehead atoms. The number of hydrogen-bond acceptors (Lipinski definition) is 27. The Morgan fingerprint density at radius 1 is 0.416 bits per heavy atom. The minimum atomic E-state index is -3.24. The molecule has 0 aliphatic carbocycles. The van der Waals surface area contributed by atoms with Gasteiger partial charge in [0.2, 0.25) is 0 Å². The Morgan fingerprint density at radius 3 is 1.28 bits per heavy atom. The van der Waals surface area contributed by atoms with Gasteiger partial charge in [-0.05, 0) is 253 Å². The van der Waals surface area contributed by atoms with Crippen LogP contribution >= 0.6 is 45.3 Å². The number of nitrogens with one attached hydrogen (secondary N) is 4. The highest BCUT2D eigenvalue weighted by molar-refractivity contribution is 7.91. The summed E-state index contributed by atoms with van der Waals surface area (Å²) >= 11 is 5.51. The second-order valence-corrected chi connectivity index (χ2v) is 41.8. The van der Waals surface area contributed by atoms with Gasteiger partial charge in [-0.2, -0.15) is 8.42 Å². The van der Waals surface area contributed by atoms with Crippen molar-refractivity contribution in [2.45, 2.75) is 82.8 Å². The van der Waals surface area contributed by atoms with Gasteiger partial charge in [0.1, 0.15) is 63.8 Å². The number of imidazole rings is 1. The van der Waals surface area contributed by atoms with Crippen molar-refractivity contribution in [3.05, 3.63) is 357 Å². The number of benzene rings is 5. The molecule has 0 saturated heterocycles. The first-order valence-electron chi connectivity index (χ1n) is 39.9. The Balaban J connectivity index is 0.000000174. The number of aromatic nitrogens is 12. The molecule has 708 valence electrons. The van der Waals surface area contributed by atoms with Crippen LogP contribution in [0.1, 0.15) is 78.8 Å². The number of fused-ring (bicyclic) bond motifs is 5. The number of carbonyl (C=O) groups excluding carboxylic acids is 1. The van der Waals surface area contributed by atoms with Gasteiger partial charge in [-0.3, -0.25) is 18.9 Å². The molecule has 29 nitrogen and oxygen atoms in total. The Hall–Kier alpha value is -14.3. The topological polar surface area (TPSA) is 391 Å². The molecule has 6 N–H and O–H groups in total. The first-order chi connectivity index (χ1) is 63.5. The number of aliphatic hydroxyl groups is 1. The Kier molecular flexibility index (Phi) is 35.4. The minimum Gasteiger partial charge on any atom is -0.494 e. The van der Waals surface area contributed by atoms with Gasteiger partial charge in [0.05, 0.1) is 60.8 Å². The zero-order valence-electron chi connectivity index (χ0n) is 70.6. The first kappa shape index (κ1) is 105. The summed E-state index contributed by atoms with van der Waals surface area (Å²) in [6, 6.07) is 80.7. The van der Waals surface area contributed by atoms with Crippen LogP contribution in [0, 0.1) is 6.92 Å². The third-order valence-electron chi connectivity index (χ3n) is 20.2. The van der Waals surface area contributed by atoms with Gasteiger partial charge in [-0.25, -0.2) is 63.6 Å². The average Bonchev–Trinajstić information content (AvgIpc) is 1.60. The third kappa shape index (κ3) is 26.0. The van der Waals surface area contributed by atoms with Gasteiger partial charge in [0.15, 0.2) is 50.9 Å². The van der Waals surface area contributed by atoms with Gasteiger partial charge in [-0.15, -0.1) is 45.3 Å². The molecule has 5 aromatic carbocycles. The molecule has 1 atom stereocenters. The third-order valence-corrected chi connectivity index (χ3v) is 28.2. The molecule has 0 radical (unpaired) electrons. The van der Waals surface area contributed by atoms with E-state index in [9.17, 15) is 48.7 Å². The molecule has 0 spiro atoms. The highest BCUT2D eigenvalue weighted by atomic mass is 32.2. The monoisotopic (exact) mass is 2010 g/mol. The molecule has 0 unspecified atom stereocenters. The number of anilines is 5. The van der Waals surface area contributed by atoms with Crippen molar-refractivity contribution in [1.82, 2.24) is 57.7 Å². The van der Waals surface area contributed by atoms with Crippen LogP contribution in [0.3, 0.4) is 0 Å². The summed E-state index contributed by atoms with van der Waals surface area (Å²) in [6.45, 7) is 3.50. The van der Waals surface area contributed by atoms with E-state index in [2.05, 4.69) is 68.7 Å². The number of sulfone groups is 4. The number of carbonyl (C=O) groups is 1. The summed E-state index contributed by atoms with van der Waals surface area (Å²) < 4.78 is 119. The van der Waals surface area contributed by atoms with Crippen LogP contribution < -0.4 is 21.3 Å². The summed E-state index contributed by atoms with van der Waals surface area (Å²) in [4.78, 5) is 49.0. The van der Waals surface area contributed by atoms with E-state index < -0.39 is 57.0 Å². The number of nitrogens with zero attached hydrogens (tertiary/aromatic N) is 12. The normalized spacial score (nSPS) is 11.2. The van der Waals surface area contributed by atoms with Crippen molar-refractivity contribution in [3.8, 4) is 34.3 Å². The number of aromatic hydroxyl groups is 1. The molecule has 0 aliphatic heterocycles. The number of hydrogen-bond donors (Lipinski definition) is 6. The Morgan fingerprint density at radius 2 is 0.825 bits per heavy atom. The summed E-state index contributed by atoms with van der Waals surface area (Å²) in [5.41, 5.74) is 11.2. The maximum absolute atomic E-state index is 12.2. The van der Waals surface area contributed by atoms with E-state index >= 15 is 0 Å². The number of amides is 1. The molecule has 0 saturated carbocycles. The van der Waals surface area contributed by atoms with Crippen molar-refractivity contribution in [2.75, 3.05) is 46.3 Å². The first-order valence-corrected chi connectivity index (χ1v) is 51.7. The van der Waals surface area contributed by atoms with Crippen molar-refractivity contribution < 1.29 is 57.1 Å². The molecule has 0 aliphatic rings. The van der Waals surface area contributed by atoms with Gasteiger partial charge in [-0.1, -0.05) is 79.1 Å². The van der Waals surface area contributed by atoms with E-state index in [4.69, 9.17) is 13.4 Å². The summed E-state index contributed by atoms with van der Waals surface area (Å²) in [6.07, 6.45) is 14.8. The molecule has 1 amide bonds. The maximum Gasteiger partial charge on any atom is 0.335 e. The quantitative estimate of drug-likeness (QED) is 0.0389. The zero-order chi connectivity index (χ0) is 92.9. The smallest absolute Gasteiger partial charge is 0.335 e. The molecule has 0 fully saturated rings. The summed E-state index contributed by atoms with van der Waals surface area (Å²) in [7, 11) is -12.9. The molecule has 15 heterocycles. The van der Waals surface area contributed by atoms with E-state index in [1.807, 2.05) is 199 Å². The fourth-order valence-electron chi connectivity index (χ4n) is 13.6. The number of pyridine rings is 6. The van der Waals surface area contributed by atoms with Crippen LogP contribution in [0.2, 0.25) is 0 Å². The molecule has 38 heteroatoms. The largest absolute Gasteiger partial charge is 0.494 e. The lowest BCUT2D eigenvalue weighted by Crippen LogP contribution is -2.11. The van der Waals surface area contributed by atoms with Crippen LogP contribution in [0.5, 0.6) is 5.88 Å². The van der Waals surface area contributed by atoms with Gasteiger partial charge in [0.25, 0.3) is 5.91 Å². The number of rotatable bonds is 21. The van der Waals surface area contributed by atoms with Gasteiger partial charge in [0, 0.05) is 115 Å². The second kappa shape index (κ2) is 46.3. The van der Waals surface area contributed by atoms with Crippen LogP contribution in [0.25, 0.3) is 83.7 Å². The number of aryl methyl sites for hydroxylation is 1.